The molecule has 4 rings (SSSR count). The molecule has 1 fully saturated rings. The Kier molecular flexibility index (Phi) is 7.77. The summed E-state index contributed by atoms with van der Waals surface area (Å²) >= 11 is 0. The minimum atomic E-state index is -4.97. The zero-order chi connectivity index (χ0) is 26.4. The Balaban J connectivity index is 1.71. The first-order valence-corrected chi connectivity index (χ1v) is 11.2. The van der Waals surface area contributed by atoms with Gasteiger partial charge in [-0.2, -0.15) is 0 Å². The van der Waals surface area contributed by atoms with Crippen LogP contribution in [0.2, 0.25) is 0 Å². The number of carbonyl (C=O) groups is 1. The molecule has 9 nitrogen and oxygen atoms in total. The van der Waals surface area contributed by atoms with Crippen LogP contribution in [0.25, 0.3) is 11.3 Å². The molecular formula is C25H24F3N5O4. The van der Waals surface area contributed by atoms with E-state index >= 15 is 0 Å². The quantitative estimate of drug-likeness (QED) is 0.415. The lowest BCUT2D eigenvalue weighted by Gasteiger charge is -2.29. The summed E-state index contributed by atoms with van der Waals surface area (Å²) in [7, 11) is 1.39. The largest absolute Gasteiger partial charge is 0.573 e. The van der Waals surface area contributed by atoms with Crippen LogP contribution in [0.3, 0.4) is 0 Å². The standard InChI is InChI=1S/C25H24F3N5O4/c1-3-22(34)30-18-11-16(12-20(14-18)35-2)23-21(37-25(26,27)28)15-29-24(32-23)31-17-5-4-6-19(13-17)33-7-9-36-10-8-33/h3-6,11-15H,1,7-10H2,2H3,(H,30,34)(H,29,31,32). The lowest BCUT2D eigenvalue weighted by Crippen LogP contribution is -2.36. The summed E-state index contributed by atoms with van der Waals surface area (Å²) in [5.74, 6) is -0.796. The van der Waals surface area contributed by atoms with Crippen LogP contribution in [0, 0.1) is 0 Å². The Bertz CT molecular complexity index is 1280. The Labute approximate surface area is 210 Å². The van der Waals surface area contributed by atoms with Gasteiger partial charge in [-0.05, 0) is 36.4 Å². The van der Waals surface area contributed by atoms with Gasteiger partial charge in [0.2, 0.25) is 11.9 Å². The molecule has 37 heavy (non-hydrogen) atoms. The number of halogens is 3. The van der Waals surface area contributed by atoms with Gasteiger partial charge in [0.25, 0.3) is 0 Å². The fourth-order valence-corrected chi connectivity index (χ4v) is 3.69. The number of benzene rings is 2. The van der Waals surface area contributed by atoms with Crippen LogP contribution in [-0.4, -0.2) is 55.7 Å². The highest BCUT2D eigenvalue weighted by Crippen LogP contribution is 2.36. The van der Waals surface area contributed by atoms with Gasteiger partial charge in [-0.1, -0.05) is 12.6 Å². The predicted octanol–water partition coefficient (Wildman–Crippen LogP) is 4.76. The Hall–Kier alpha value is -4.32. The van der Waals surface area contributed by atoms with Crippen LogP contribution in [0.15, 0.2) is 61.3 Å². The molecular weight excluding hydrogens is 491 g/mol. The number of nitrogens with zero attached hydrogens (tertiary/aromatic N) is 3. The number of nitrogens with one attached hydrogen (secondary N) is 2. The van der Waals surface area contributed by atoms with E-state index in [0.717, 1.165) is 31.0 Å². The van der Waals surface area contributed by atoms with Crippen molar-refractivity contribution in [2.24, 2.45) is 0 Å². The van der Waals surface area contributed by atoms with Gasteiger partial charge in [0.05, 0.1) is 26.5 Å². The van der Waals surface area contributed by atoms with Crippen LogP contribution in [-0.2, 0) is 9.53 Å². The van der Waals surface area contributed by atoms with Crippen LogP contribution in [0.1, 0.15) is 0 Å². The monoisotopic (exact) mass is 515 g/mol. The minimum absolute atomic E-state index is 0.0446. The minimum Gasteiger partial charge on any atom is -0.497 e. The molecule has 194 valence electrons. The molecule has 1 saturated heterocycles. The average molecular weight is 515 g/mol. The number of hydrogen-bond acceptors (Lipinski definition) is 8. The number of aromatic nitrogens is 2. The molecule has 3 aromatic rings. The fourth-order valence-electron chi connectivity index (χ4n) is 3.69. The molecule has 1 aliphatic heterocycles. The summed E-state index contributed by atoms with van der Waals surface area (Å²) in [6, 6.07) is 11.9. The van der Waals surface area contributed by atoms with Gasteiger partial charge < -0.3 is 29.7 Å². The third-order valence-corrected chi connectivity index (χ3v) is 5.33. The number of alkyl halides is 3. The van der Waals surface area contributed by atoms with E-state index in [0.29, 0.717) is 18.9 Å². The molecule has 0 atom stereocenters. The van der Waals surface area contributed by atoms with Crippen LogP contribution < -0.4 is 25.0 Å². The second-order valence-electron chi connectivity index (χ2n) is 7.87. The molecule has 2 heterocycles. The number of morpholine rings is 1. The Morgan fingerprint density at radius 2 is 1.95 bits per heavy atom. The van der Waals surface area contributed by atoms with Crippen molar-refractivity contribution in [2.75, 3.05) is 48.9 Å². The van der Waals surface area contributed by atoms with Crippen molar-refractivity contribution in [3.63, 3.8) is 0 Å². The molecule has 2 N–H and O–H groups in total. The molecule has 12 heteroatoms. The number of rotatable bonds is 8. The molecule has 0 saturated carbocycles. The summed E-state index contributed by atoms with van der Waals surface area (Å²) in [6.07, 6.45) is -2.97. The number of anilines is 4. The van der Waals surface area contributed by atoms with Crippen LogP contribution >= 0.6 is 0 Å². The third-order valence-electron chi connectivity index (χ3n) is 5.33. The first-order valence-electron chi connectivity index (χ1n) is 11.2. The topological polar surface area (TPSA) is 97.8 Å². The van der Waals surface area contributed by atoms with E-state index in [2.05, 4.69) is 36.8 Å². The summed E-state index contributed by atoms with van der Waals surface area (Å²) in [5, 5.41) is 5.60. The van der Waals surface area contributed by atoms with Crippen molar-refractivity contribution in [3.05, 3.63) is 61.3 Å². The van der Waals surface area contributed by atoms with Gasteiger partial charge in [0.15, 0.2) is 5.75 Å². The van der Waals surface area contributed by atoms with Gasteiger partial charge in [0.1, 0.15) is 11.4 Å². The highest BCUT2D eigenvalue weighted by Gasteiger charge is 2.33. The molecule has 0 unspecified atom stereocenters. The van der Waals surface area contributed by atoms with Gasteiger partial charge >= 0.3 is 6.36 Å². The SMILES string of the molecule is C=CC(=O)Nc1cc(OC)cc(-c2nc(Nc3cccc(N4CCOCC4)c3)ncc2OC(F)(F)F)c1. The van der Waals surface area contributed by atoms with Crippen molar-refractivity contribution in [1.29, 1.82) is 0 Å². The zero-order valence-corrected chi connectivity index (χ0v) is 19.8. The fraction of sp³-hybridized carbons (Fsp3) is 0.240. The van der Waals surface area contributed by atoms with Crippen molar-refractivity contribution in [1.82, 2.24) is 9.97 Å². The van der Waals surface area contributed by atoms with E-state index in [1.165, 1.54) is 25.3 Å². The molecule has 0 aliphatic carbocycles. The number of hydrogen-bond donors (Lipinski definition) is 2. The first kappa shape index (κ1) is 25.8. The molecule has 1 amide bonds. The predicted molar refractivity (Wildman–Crippen MR) is 132 cm³/mol. The number of carbonyl (C=O) groups excluding carboxylic acids is 1. The second-order valence-corrected chi connectivity index (χ2v) is 7.87. The van der Waals surface area contributed by atoms with Crippen molar-refractivity contribution >= 4 is 28.9 Å². The molecule has 1 aromatic heterocycles. The van der Waals surface area contributed by atoms with E-state index in [1.54, 1.807) is 6.07 Å². The summed E-state index contributed by atoms with van der Waals surface area (Å²) in [5.41, 5.74) is 1.91. The second kappa shape index (κ2) is 11.2. The number of methoxy groups -OCH3 is 1. The lowest BCUT2D eigenvalue weighted by atomic mass is 10.1. The molecule has 0 spiro atoms. The maximum Gasteiger partial charge on any atom is 0.573 e. The van der Waals surface area contributed by atoms with E-state index < -0.39 is 18.0 Å². The van der Waals surface area contributed by atoms with Gasteiger partial charge in [-0.3, -0.25) is 4.79 Å². The molecule has 2 aromatic carbocycles. The Morgan fingerprint density at radius 1 is 1.16 bits per heavy atom. The highest BCUT2D eigenvalue weighted by atomic mass is 19.4. The van der Waals surface area contributed by atoms with Crippen LogP contribution in [0.5, 0.6) is 11.5 Å². The van der Waals surface area contributed by atoms with Crippen molar-refractivity contribution in [2.45, 2.75) is 6.36 Å². The van der Waals surface area contributed by atoms with Crippen molar-refractivity contribution < 1.29 is 32.2 Å². The molecule has 1 aliphatic rings. The highest BCUT2D eigenvalue weighted by molar-refractivity contribution is 5.99. The van der Waals surface area contributed by atoms with Gasteiger partial charge in [0, 0.05) is 41.8 Å². The summed E-state index contributed by atoms with van der Waals surface area (Å²) in [4.78, 5) is 22.3. The lowest BCUT2D eigenvalue weighted by molar-refractivity contribution is -0.274. The van der Waals surface area contributed by atoms with E-state index in [4.69, 9.17) is 9.47 Å². The van der Waals surface area contributed by atoms with Crippen molar-refractivity contribution in [3.8, 4) is 22.8 Å². The summed E-state index contributed by atoms with van der Waals surface area (Å²) in [6.45, 7) is 6.13. The maximum atomic E-state index is 13.1. The molecule has 0 radical (unpaired) electrons. The Morgan fingerprint density at radius 3 is 2.65 bits per heavy atom. The van der Waals surface area contributed by atoms with Gasteiger partial charge in [-0.15, -0.1) is 13.2 Å². The average Bonchev–Trinajstić information content (AvgIpc) is 2.89. The van der Waals surface area contributed by atoms with Gasteiger partial charge in [-0.25, -0.2) is 9.97 Å². The zero-order valence-electron chi connectivity index (χ0n) is 19.8. The maximum absolute atomic E-state index is 13.1. The number of amides is 1. The number of ether oxygens (including phenoxy) is 3. The van der Waals surface area contributed by atoms with E-state index in [-0.39, 0.29) is 28.6 Å². The third kappa shape index (κ3) is 6.88. The van der Waals surface area contributed by atoms with E-state index in [1.807, 2.05) is 18.2 Å². The smallest absolute Gasteiger partial charge is 0.497 e. The molecule has 0 bridgehead atoms. The first-order chi connectivity index (χ1) is 17.7. The normalized spacial score (nSPS) is 13.6. The van der Waals surface area contributed by atoms with Crippen LogP contribution in [0.4, 0.5) is 36.2 Å². The van der Waals surface area contributed by atoms with E-state index in [9.17, 15) is 18.0 Å². The summed E-state index contributed by atoms with van der Waals surface area (Å²) < 4.78 is 54.3.